The normalized spacial score (nSPS) is 17.4. The zero-order chi connectivity index (χ0) is 18.8. The highest BCUT2D eigenvalue weighted by molar-refractivity contribution is 5.38. The van der Waals surface area contributed by atoms with Gasteiger partial charge in [0.15, 0.2) is 0 Å². The Hall–Kier alpha value is -2.52. The fourth-order valence-electron chi connectivity index (χ4n) is 4.23. The number of fused-ring (bicyclic) bond motifs is 1. The van der Waals surface area contributed by atoms with Crippen LogP contribution in [0.2, 0.25) is 0 Å². The van der Waals surface area contributed by atoms with E-state index in [1.165, 1.54) is 27.9 Å². The summed E-state index contributed by atoms with van der Waals surface area (Å²) in [7, 11) is 1.73. The minimum atomic E-state index is 0.272. The topological polar surface area (TPSA) is 17.4 Å². The molecule has 4 rings (SSSR count). The SMILES string of the molecule is COc1cccc(CN2CCCn3cccc3[C@H]2c2cc(C)ccc2C)c1. The Bertz CT molecular complexity index is 928. The molecule has 3 nitrogen and oxygen atoms in total. The summed E-state index contributed by atoms with van der Waals surface area (Å²) in [5.41, 5.74) is 6.78. The van der Waals surface area contributed by atoms with Crippen LogP contribution in [0.1, 0.15) is 40.4 Å². The molecule has 0 saturated carbocycles. The van der Waals surface area contributed by atoms with Crippen molar-refractivity contribution < 1.29 is 4.74 Å². The smallest absolute Gasteiger partial charge is 0.119 e. The van der Waals surface area contributed by atoms with Crippen molar-refractivity contribution in [3.63, 3.8) is 0 Å². The van der Waals surface area contributed by atoms with Crippen LogP contribution in [-0.4, -0.2) is 23.1 Å². The fraction of sp³-hybridized carbons (Fsp3) is 0.333. The summed E-state index contributed by atoms with van der Waals surface area (Å²) >= 11 is 0. The summed E-state index contributed by atoms with van der Waals surface area (Å²) in [5, 5.41) is 0. The molecule has 1 aliphatic rings. The minimum absolute atomic E-state index is 0.272. The van der Waals surface area contributed by atoms with Gasteiger partial charge in [0.1, 0.15) is 5.75 Å². The first-order chi connectivity index (χ1) is 13.2. The van der Waals surface area contributed by atoms with E-state index in [2.05, 4.69) is 78.0 Å². The van der Waals surface area contributed by atoms with Crippen molar-refractivity contribution in [1.82, 2.24) is 9.47 Å². The molecule has 0 unspecified atom stereocenters. The van der Waals surface area contributed by atoms with Crippen molar-refractivity contribution in [3.05, 3.63) is 88.7 Å². The second-order valence-corrected chi connectivity index (χ2v) is 7.56. The third kappa shape index (κ3) is 3.65. The van der Waals surface area contributed by atoms with Gasteiger partial charge >= 0.3 is 0 Å². The predicted octanol–water partition coefficient (Wildman–Crippen LogP) is 5.11. The number of hydrogen-bond donors (Lipinski definition) is 0. The standard InChI is InChI=1S/C24H28N2O/c1-18-10-11-19(2)22(15-18)24-23-9-5-12-25(23)13-6-14-26(24)17-20-7-4-8-21(16-20)27-3/h4-5,7-12,15-16,24H,6,13-14,17H2,1-3H3/t24-/m1/s1. The zero-order valence-corrected chi connectivity index (χ0v) is 16.5. The molecule has 140 valence electrons. The van der Waals surface area contributed by atoms with Crippen molar-refractivity contribution in [2.45, 2.75) is 39.4 Å². The summed E-state index contributed by atoms with van der Waals surface area (Å²) in [6, 6.07) is 20.0. The Labute approximate surface area is 162 Å². The number of benzene rings is 2. The van der Waals surface area contributed by atoms with Gasteiger partial charge in [-0.05, 0) is 61.2 Å². The summed E-state index contributed by atoms with van der Waals surface area (Å²) in [4.78, 5) is 2.62. The maximum atomic E-state index is 5.44. The molecule has 0 saturated heterocycles. The van der Waals surface area contributed by atoms with Crippen LogP contribution < -0.4 is 4.74 Å². The molecule has 0 aliphatic carbocycles. The summed E-state index contributed by atoms with van der Waals surface area (Å²) < 4.78 is 7.86. The second kappa shape index (κ2) is 7.61. The van der Waals surface area contributed by atoms with Gasteiger partial charge in [-0.3, -0.25) is 4.90 Å². The lowest BCUT2D eigenvalue weighted by Crippen LogP contribution is -2.30. The predicted molar refractivity (Wildman–Crippen MR) is 110 cm³/mol. The molecular formula is C24H28N2O. The van der Waals surface area contributed by atoms with E-state index in [1.807, 2.05) is 6.07 Å². The van der Waals surface area contributed by atoms with Gasteiger partial charge in [-0.2, -0.15) is 0 Å². The lowest BCUT2D eigenvalue weighted by atomic mass is 9.95. The van der Waals surface area contributed by atoms with E-state index in [0.717, 1.165) is 31.8 Å². The van der Waals surface area contributed by atoms with Crippen molar-refractivity contribution >= 4 is 0 Å². The number of nitrogens with zero attached hydrogens (tertiary/aromatic N) is 2. The maximum absolute atomic E-state index is 5.44. The van der Waals surface area contributed by atoms with Gasteiger partial charge in [-0.15, -0.1) is 0 Å². The van der Waals surface area contributed by atoms with Crippen LogP contribution in [0.4, 0.5) is 0 Å². The van der Waals surface area contributed by atoms with Crippen LogP contribution in [0.15, 0.2) is 60.8 Å². The summed E-state index contributed by atoms with van der Waals surface area (Å²) in [6.07, 6.45) is 3.38. The molecule has 0 radical (unpaired) electrons. The van der Waals surface area contributed by atoms with Gasteiger partial charge in [0.2, 0.25) is 0 Å². The molecule has 1 aromatic heterocycles. The first-order valence-corrected chi connectivity index (χ1v) is 9.75. The van der Waals surface area contributed by atoms with Gasteiger partial charge in [-0.1, -0.05) is 35.9 Å². The van der Waals surface area contributed by atoms with E-state index >= 15 is 0 Å². The quantitative estimate of drug-likeness (QED) is 0.643. The van der Waals surface area contributed by atoms with Crippen LogP contribution in [0.5, 0.6) is 5.75 Å². The van der Waals surface area contributed by atoms with Crippen LogP contribution in [0, 0.1) is 13.8 Å². The highest BCUT2D eigenvalue weighted by Gasteiger charge is 2.28. The highest BCUT2D eigenvalue weighted by atomic mass is 16.5. The average molecular weight is 361 g/mol. The first-order valence-electron chi connectivity index (χ1n) is 9.75. The van der Waals surface area contributed by atoms with E-state index in [0.29, 0.717) is 0 Å². The van der Waals surface area contributed by atoms with Crippen molar-refractivity contribution in [1.29, 1.82) is 0 Å². The van der Waals surface area contributed by atoms with E-state index in [1.54, 1.807) is 7.11 Å². The third-order valence-electron chi connectivity index (χ3n) is 5.60. The van der Waals surface area contributed by atoms with Crippen LogP contribution >= 0.6 is 0 Å². The minimum Gasteiger partial charge on any atom is -0.497 e. The number of hydrogen-bond acceptors (Lipinski definition) is 2. The Balaban J connectivity index is 1.77. The number of aryl methyl sites for hydroxylation is 3. The molecule has 2 aromatic carbocycles. The molecule has 3 heteroatoms. The van der Waals surface area contributed by atoms with E-state index < -0.39 is 0 Å². The number of rotatable bonds is 4. The molecule has 0 N–H and O–H groups in total. The van der Waals surface area contributed by atoms with Crippen molar-refractivity contribution in [2.24, 2.45) is 0 Å². The van der Waals surface area contributed by atoms with Crippen molar-refractivity contribution in [3.8, 4) is 5.75 Å². The molecule has 3 aromatic rings. The van der Waals surface area contributed by atoms with Crippen LogP contribution in [0.25, 0.3) is 0 Å². The molecule has 0 amide bonds. The summed E-state index contributed by atoms with van der Waals surface area (Å²) in [5.74, 6) is 0.925. The van der Waals surface area contributed by atoms with E-state index in [4.69, 9.17) is 4.74 Å². The molecule has 0 spiro atoms. The van der Waals surface area contributed by atoms with Gasteiger partial charge in [0.25, 0.3) is 0 Å². The second-order valence-electron chi connectivity index (χ2n) is 7.56. The average Bonchev–Trinajstić information content (AvgIpc) is 3.06. The molecule has 1 atom stereocenters. The lowest BCUT2D eigenvalue weighted by Gasteiger charge is -2.32. The van der Waals surface area contributed by atoms with Gasteiger partial charge in [0.05, 0.1) is 13.2 Å². The highest BCUT2D eigenvalue weighted by Crippen LogP contribution is 2.35. The Morgan fingerprint density at radius 3 is 2.74 bits per heavy atom. The van der Waals surface area contributed by atoms with Gasteiger partial charge < -0.3 is 9.30 Å². The molecule has 27 heavy (non-hydrogen) atoms. The Morgan fingerprint density at radius 2 is 1.89 bits per heavy atom. The van der Waals surface area contributed by atoms with Crippen LogP contribution in [-0.2, 0) is 13.1 Å². The number of methoxy groups -OCH3 is 1. The Kier molecular flexibility index (Phi) is 5.04. The lowest BCUT2D eigenvalue weighted by molar-refractivity contribution is 0.219. The van der Waals surface area contributed by atoms with E-state index in [-0.39, 0.29) is 6.04 Å². The maximum Gasteiger partial charge on any atom is 0.119 e. The summed E-state index contributed by atoms with van der Waals surface area (Å²) in [6.45, 7) is 7.50. The number of aromatic nitrogens is 1. The Morgan fingerprint density at radius 1 is 1.00 bits per heavy atom. The zero-order valence-electron chi connectivity index (χ0n) is 16.5. The molecule has 1 aliphatic heterocycles. The fourth-order valence-corrected chi connectivity index (χ4v) is 4.23. The largest absolute Gasteiger partial charge is 0.497 e. The monoisotopic (exact) mass is 360 g/mol. The van der Waals surface area contributed by atoms with Gasteiger partial charge in [-0.25, -0.2) is 0 Å². The molecular weight excluding hydrogens is 332 g/mol. The molecule has 0 fully saturated rings. The first kappa shape index (κ1) is 17.9. The number of ether oxygens (including phenoxy) is 1. The molecule has 2 heterocycles. The van der Waals surface area contributed by atoms with Gasteiger partial charge in [0, 0.05) is 31.5 Å². The van der Waals surface area contributed by atoms with Crippen LogP contribution in [0.3, 0.4) is 0 Å². The molecule has 0 bridgehead atoms. The van der Waals surface area contributed by atoms with Crippen molar-refractivity contribution in [2.75, 3.05) is 13.7 Å². The third-order valence-corrected chi connectivity index (χ3v) is 5.60. The van der Waals surface area contributed by atoms with E-state index in [9.17, 15) is 0 Å².